The molecule has 12 atom stereocenters. The highest BCUT2D eigenvalue weighted by molar-refractivity contribution is 5.27. The fourth-order valence-electron chi connectivity index (χ4n) is 9.36. The van der Waals surface area contributed by atoms with Gasteiger partial charge in [-0.25, -0.2) is 0 Å². The van der Waals surface area contributed by atoms with E-state index in [0.29, 0.717) is 65.1 Å². The zero-order valence-electron chi connectivity index (χ0n) is 35.8. The quantitative estimate of drug-likeness (QED) is 0.129. The highest BCUT2D eigenvalue weighted by Crippen LogP contribution is 2.46. The molecule has 0 saturated carbocycles. The molecule has 4 aromatic carbocycles. The molecule has 3 saturated heterocycles. The van der Waals surface area contributed by atoms with Crippen molar-refractivity contribution in [1.29, 1.82) is 0 Å². The van der Waals surface area contributed by atoms with Crippen LogP contribution in [0.4, 0.5) is 0 Å². The Morgan fingerprint density at radius 2 is 1.26 bits per heavy atom. The number of ether oxygens (including phenoxy) is 10. The van der Waals surface area contributed by atoms with E-state index in [1.807, 2.05) is 91.0 Å². The van der Waals surface area contributed by atoms with Crippen molar-refractivity contribution < 1.29 is 47.4 Å². The Kier molecular flexibility index (Phi) is 14.3. The van der Waals surface area contributed by atoms with E-state index in [1.54, 1.807) is 7.11 Å². The summed E-state index contributed by atoms with van der Waals surface area (Å²) >= 11 is 0. The molecule has 0 spiro atoms. The maximum absolute atomic E-state index is 7.27. The van der Waals surface area contributed by atoms with Crippen molar-refractivity contribution in [2.45, 2.75) is 132 Å². The maximum atomic E-state index is 7.27. The van der Waals surface area contributed by atoms with Crippen LogP contribution in [-0.4, -0.2) is 87.0 Å². The average molecular weight is 845 g/mol. The van der Waals surface area contributed by atoms with Crippen molar-refractivity contribution in [3.05, 3.63) is 162 Å². The molecule has 4 aromatic rings. The Labute approximate surface area is 366 Å². The first-order valence-corrected chi connectivity index (χ1v) is 22.3. The first-order chi connectivity index (χ1) is 30.5. The molecule has 5 aliphatic rings. The third-order valence-corrected chi connectivity index (χ3v) is 12.9. The largest absolute Gasteiger partial charge is 0.497 e. The summed E-state index contributed by atoms with van der Waals surface area (Å²) in [6.07, 6.45) is 8.45. The standard InChI is InChI=1S/C52H60O10/c1-52-49(56-33-38-25-27-40(53-2)28-26-38)29-45-44(60-50(52)30-46-48(62-52)35-57-51(61-46)39-19-10-5-11-20-39)22-13-12-21-42-43(58-45)24-14-23-41(55-32-37-17-8-4-9-18-37)47(59-42)34-54-31-36-15-6-3-7-16-36/h3-20,24-28,41-51H,21-23,29-35H2,1-2H3/b13-12-,24-14-/t41-,42-,43+,44+,45-,46+,47+,48-,49-,50-,51-,52+/m1/s1. The summed E-state index contributed by atoms with van der Waals surface area (Å²) in [6.45, 7) is 4.27. The average Bonchev–Trinajstić information content (AvgIpc) is 3.35. The van der Waals surface area contributed by atoms with Crippen LogP contribution in [0.2, 0.25) is 0 Å². The fraction of sp³-hybridized carbons (Fsp3) is 0.462. The lowest BCUT2D eigenvalue weighted by Crippen LogP contribution is -2.63. The van der Waals surface area contributed by atoms with Crippen LogP contribution >= 0.6 is 0 Å². The highest BCUT2D eigenvalue weighted by atomic mass is 16.7. The zero-order chi connectivity index (χ0) is 42.1. The van der Waals surface area contributed by atoms with E-state index >= 15 is 0 Å². The number of hydrogen-bond donors (Lipinski definition) is 0. The molecule has 3 fully saturated rings. The Hall–Kier alpha value is -4.20. The predicted octanol–water partition coefficient (Wildman–Crippen LogP) is 9.02. The molecule has 0 bridgehead atoms. The molecule has 0 N–H and O–H groups in total. The molecule has 328 valence electrons. The van der Waals surface area contributed by atoms with E-state index < -0.39 is 11.9 Å². The van der Waals surface area contributed by atoms with Crippen LogP contribution in [0.15, 0.2) is 140 Å². The molecule has 10 nitrogen and oxygen atoms in total. The molecule has 5 aliphatic heterocycles. The number of methoxy groups -OCH3 is 1. The van der Waals surface area contributed by atoms with E-state index in [4.69, 9.17) is 47.4 Å². The summed E-state index contributed by atoms with van der Waals surface area (Å²) in [5, 5.41) is 0. The molecule has 9 rings (SSSR count). The van der Waals surface area contributed by atoms with E-state index in [2.05, 4.69) is 55.5 Å². The minimum absolute atomic E-state index is 0.219. The summed E-state index contributed by atoms with van der Waals surface area (Å²) in [5.74, 6) is 0.800. The van der Waals surface area contributed by atoms with Gasteiger partial charge in [-0.15, -0.1) is 0 Å². The first-order valence-electron chi connectivity index (χ1n) is 22.3. The van der Waals surface area contributed by atoms with Gasteiger partial charge in [0.05, 0.1) is 82.9 Å². The normalized spacial score (nSPS) is 34.5. The smallest absolute Gasteiger partial charge is 0.184 e. The van der Waals surface area contributed by atoms with Crippen LogP contribution in [0, 0.1) is 0 Å². The van der Waals surface area contributed by atoms with Crippen molar-refractivity contribution >= 4 is 0 Å². The monoisotopic (exact) mass is 844 g/mol. The van der Waals surface area contributed by atoms with Crippen molar-refractivity contribution in [1.82, 2.24) is 0 Å². The van der Waals surface area contributed by atoms with Gasteiger partial charge in [-0.05, 0) is 55.0 Å². The van der Waals surface area contributed by atoms with Gasteiger partial charge in [0.15, 0.2) is 6.29 Å². The van der Waals surface area contributed by atoms with E-state index in [1.165, 1.54) is 0 Å². The van der Waals surface area contributed by atoms with Gasteiger partial charge < -0.3 is 47.4 Å². The fourth-order valence-corrected chi connectivity index (χ4v) is 9.36. The van der Waals surface area contributed by atoms with Crippen molar-refractivity contribution in [2.24, 2.45) is 0 Å². The van der Waals surface area contributed by atoms with Gasteiger partial charge >= 0.3 is 0 Å². The van der Waals surface area contributed by atoms with Gasteiger partial charge in [0.2, 0.25) is 0 Å². The highest BCUT2D eigenvalue weighted by Gasteiger charge is 2.57. The Morgan fingerprint density at radius 3 is 2.00 bits per heavy atom. The second kappa shape index (κ2) is 20.5. The van der Waals surface area contributed by atoms with Crippen LogP contribution in [-0.2, 0) is 62.5 Å². The van der Waals surface area contributed by atoms with Crippen LogP contribution in [0.1, 0.15) is 67.6 Å². The number of benzene rings is 4. The molecular weight excluding hydrogens is 785 g/mol. The van der Waals surface area contributed by atoms with Gasteiger partial charge in [-0.2, -0.15) is 0 Å². The molecule has 0 unspecified atom stereocenters. The van der Waals surface area contributed by atoms with Crippen LogP contribution in [0.5, 0.6) is 5.75 Å². The molecule has 0 aromatic heterocycles. The van der Waals surface area contributed by atoms with Gasteiger partial charge in [0.25, 0.3) is 0 Å². The minimum atomic E-state index is -0.818. The third-order valence-electron chi connectivity index (χ3n) is 12.9. The zero-order valence-corrected chi connectivity index (χ0v) is 35.8. The minimum Gasteiger partial charge on any atom is -0.497 e. The predicted molar refractivity (Wildman–Crippen MR) is 233 cm³/mol. The molecule has 0 aliphatic carbocycles. The Balaban J connectivity index is 0.967. The van der Waals surface area contributed by atoms with E-state index in [-0.39, 0.29) is 61.0 Å². The third kappa shape index (κ3) is 10.4. The van der Waals surface area contributed by atoms with Gasteiger partial charge in [0.1, 0.15) is 29.7 Å². The van der Waals surface area contributed by atoms with Gasteiger partial charge in [-0.1, -0.05) is 127 Å². The Morgan fingerprint density at radius 1 is 0.597 bits per heavy atom. The van der Waals surface area contributed by atoms with Crippen LogP contribution < -0.4 is 4.74 Å². The molecule has 62 heavy (non-hydrogen) atoms. The van der Waals surface area contributed by atoms with E-state index in [0.717, 1.165) is 28.0 Å². The van der Waals surface area contributed by atoms with Gasteiger partial charge in [-0.3, -0.25) is 0 Å². The lowest BCUT2D eigenvalue weighted by atomic mass is 9.82. The number of hydrogen-bond acceptors (Lipinski definition) is 10. The molecule has 0 radical (unpaired) electrons. The summed E-state index contributed by atoms with van der Waals surface area (Å²) in [7, 11) is 1.67. The SMILES string of the molecule is COc1ccc(CO[C@@H]2C[C@H]3O[C@H]4/C=C\C[C@@H](OCc5ccccc5)[C@H](COCc5ccccc5)O[C@@H]4C/C=C\C[C@@H]3O[C@@H]3C[C@@H]4O[C@H](c5ccccc5)OC[C@H]4O[C@@]23C)cc1. The van der Waals surface area contributed by atoms with Crippen LogP contribution in [0.3, 0.4) is 0 Å². The first kappa shape index (κ1) is 43.1. The number of rotatable bonds is 12. The molecule has 5 heterocycles. The second-order valence-corrected chi connectivity index (χ2v) is 17.2. The van der Waals surface area contributed by atoms with Gasteiger partial charge in [0, 0.05) is 18.4 Å². The summed E-state index contributed by atoms with van der Waals surface area (Å²) < 4.78 is 67.0. The summed E-state index contributed by atoms with van der Waals surface area (Å²) in [6, 6.07) is 38.6. The van der Waals surface area contributed by atoms with Crippen molar-refractivity contribution in [3.8, 4) is 5.75 Å². The molecule has 10 heteroatoms. The van der Waals surface area contributed by atoms with Crippen molar-refractivity contribution in [3.63, 3.8) is 0 Å². The summed E-state index contributed by atoms with van der Waals surface area (Å²) in [4.78, 5) is 0. The maximum Gasteiger partial charge on any atom is 0.184 e. The Bertz CT molecular complexity index is 2030. The number of fused-ring (bicyclic) bond motifs is 4. The summed E-state index contributed by atoms with van der Waals surface area (Å²) in [5.41, 5.74) is 3.43. The lowest BCUT2D eigenvalue weighted by Gasteiger charge is -2.52. The topological polar surface area (TPSA) is 92.3 Å². The second-order valence-electron chi connectivity index (χ2n) is 17.2. The molecule has 0 amide bonds. The molecular formula is C52H60O10. The van der Waals surface area contributed by atoms with Crippen molar-refractivity contribution in [2.75, 3.05) is 20.3 Å². The lowest BCUT2D eigenvalue weighted by molar-refractivity contribution is -0.338. The van der Waals surface area contributed by atoms with Crippen LogP contribution in [0.25, 0.3) is 0 Å². The van der Waals surface area contributed by atoms with E-state index in [9.17, 15) is 0 Å².